The van der Waals surface area contributed by atoms with E-state index in [4.69, 9.17) is 5.11 Å². The molecular weight excluding hydrogens is 428 g/mol. The molecule has 0 aliphatic rings. The third kappa shape index (κ3) is 21.0. The van der Waals surface area contributed by atoms with Gasteiger partial charge in [-0.3, -0.25) is 14.4 Å². The standard InChI is InChI=1S/C28H54N2O4/c1-4-5-6-7-8-9-12-15-18-21-25(31)30-27(24(2)3)28(34)29-23-20-17-14-11-10-13-16-19-22-26(32)33/h24,27H,4-23H2,1-3H3,(H,29,34)(H,30,31)(H,32,33)/t27-/m1/s1. The molecule has 34 heavy (non-hydrogen) atoms. The highest BCUT2D eigenvalue weighted by Crippen LogP contribution is 2.12. The Bertz CT molecular complexity index is 523. The van der Waals surface area contributed by atoms with E-state index in [1.165, 1.54) is 44.9 Å². The van der Waals surface area contributed by atoms with Crippen LogP contribution < -0.4 is 10.6 Å². The molecular formula is C28H54N2O4. The van der Waals surface area contributed by atoms with Crippen LogP contribution in [-0.2, 0) is 14.4 Å². The normalized spacial score (nSPS) is 12.0. The number of aliphatic carboxylic acids is 1. The fourth-order valence-electron chi connectivity index (χ4n) is 4.16. The van der Waals surface area contributed by atoms with Crippen molar-refractivity contribution in [3.05, 3.63) is 0 Å². The van der Waals surface area contributed by atoms with Crippen LogP contribution in [0, 0.1) is 5.92 Å². The molecule has 0 radical (unpaired) electrons. The monoisotopic (exact) mass is 482 g/mol. The largest absolute Gasteiger partial charge is 0.481 e. The minimum atomic E-state index is -0.708. The summed E-state index contributed by atoms with van der Waals surface area (Å²) < 4.78 is 0. The van der Waals surface area contributed by atoms with Crippen LogP contribution in [0.15, 0.2) is 0 Å². The Labute approximate surface area is 209 Å². The summed E-state index contributed by atoms with van der Waals surface area (Å²) in [6.45, 7) is 6.83. The van der Waals surface area contributed by atoms with Gasteiger partial charge in [0.1, 0.15) is 6.04 Å². The lowest BCUT2D eigenvalue weighted by Crippen LogP contribution is -2.49. The van der Waals surface area contributed by atoms with Gasteiger partial charge in [0.25, 0.3) is 0 Å². The highest BCUT2D eigenvalue weighted by molar-refractivity contribution is 5.87. The highest BCUT2D eigenvalue weighted by atomic mass is 16.4. The van der Waals surface area contributed by atoms with E-state index in [0.717, 1.165) is 64.2 Å². The van der Waals surface area contributed by atoms with Crippen LogP contribution in [0.5, 0.6) is 0 Å². The highest BCUT2D eigenvalue weighted by Gasteiger charge is 2.23. The first-order valence-corrected chi connectivity index (χ1v) is 14.2. The summed E-state index contributed by atoms with van der Waals surface area (Å²) in [6, 6.07) is -0.461. The van der Waals surface area contributed by atoms with Gasteiger partial charge in [-0.05, 0) is 25.2 Å². The van der Waals surface area contributed by atoms with Crippen molar-refractivity contribution in [1.29, 1.82) is 0 Å². The maximum absolute atomic E-state index is 12.6. The molecule has 0 spiro atoms. The maximum Gasteiger partial charge on any atom is 0.303 e. The third-order valence-corrected chi connectivity index (χ3v) is 6.39. The lowest BCUT2D eigenvalue weighted by molar-refractivity contribution is -0.137. The molecule has 0 rings (SSSR count). The van der Waals surface area contributed by atoms with Gasteiger partial charge in [-0.25, -0.2) is 0 Å². The Morgan fingerprint density at radius 2 is 1.09 bits per heavy atom. The quantitative estimate of drug-likeness (QED) is 0.132. The molecule has 0 unspecified atom stereocenters. The van der Waals surface area contributed by atoms with Crippen LogP contribution in [0.3, 0.4) is 0 Å². The molecule has 0 heterocycles. The molecule has 0 aliphatic heterocycles. The fourth-order valence-corrected chi connectivity index (χ4v) is 4.16. The number of hydrogen-bond donors (Lipinski definition) is 3. The number of rotatable bonds is 24. The molecule has 0 saturated carbocycles. The second-order valence-corrected chi connectivity index (χ2v) is 10.1. The number of nitrogens with one attached hydrogen (secondary N) is 2. The molecule has 1 atom stereocenters. The Hall–Kier alpha value is -1.59. The van der Waals surface area contributed by atoms with Crippen molar-refractivity contribution < 1.29 is 19.5 Å². The van der Waals surface area contributed by atoms with E-state index in [2.05, 4.69) is 17.6 Å². The van der Waals surface area contributed by atoms with Gasteiger partial charge in [0.2, 0.25) is 11.8 Å². The molecule has 2 amide bonds. The summed E-state index contributed by atoms with van der Waals surface area (Å²) in [5.41, 5.74) is 0. The number of hydrogen-bond acceptors (Lipinski definition) is 3. The Kier molecular flexibility index (Phi) is 22.1. The molecule has 0 aromatic rings. The second-order valence-electron chi connectivity index (χ2n) is 10.1. The predicted molar refractivity (Wildman–Crippen MR) is 141 cm³/mol. The lowest BCUT2D eigenvalue weighted by Gasteiger charge is -2.21. The first-order valence-electron chi connectivity index (χ1n) is 14.2. The smallest absolute Gasteiger partial charge is 0.303 e. The average molecular weight is 483 g/mol. The molecule has 0 bridgehead atoms. The number of carbonyl (C=O) groups is 3. The lowest BCUT2D eigenvalue weighted by atomic mass is 10.0. The minimum Gasteiger partial charge on any atom is -0.481 e. The van der Waals surface area contributed by atoms with E-state index >= 15 is 0 Å². The zero-order valence-electron chi connectivity index (χ0n) is 22.5. The Morgan fingerprint density at radius 3 is 1.56 bits per heavy atom. The summed E-state index contributed by atoms with van der Waals surface area (Å²) >= 11 is 0. The molecule has 0 aromatic heterocycles. The second kappa shape index (κ2) is 23.2. The molecule has 6 nitrogen and oxygen atoms in total. The van der Waals surface area contributed by atoms with Crippen molar-refractivity contribution in [3.8, 4) is 0 Å². The Balaban J connectivity index is 3.79. The molecule has 0 fully saturated rings. The number of amides is 2. The van der Waals surface area contributed by atoms with E-state index in [9.17, 15) is 14.4 Å². The van der Waals surface area contributed by atoms with Crippen molar-refractivity contribution in [1.82, 2.24) is 10.6 Å². The van der Waals surface area contributed by atoms with Gasteiger partial charge in [-0.2, -0.15) is 0 Å². The first-order chi connectivity index (χ1) is 16.4. The van der Waals surface area contributed by atoms with Crippen molar-refractivity contribution >= 4 is 17.8 Å². The molecule has 0 aromatic carbocycles. The first kappa shape index (κ1) is 32.4. The minimum absolute atomic E-state index is 0.0137. The fraction of sp³-hybridized carbons (Fsp3) is 0.893. The molecule has 200 valence electrons. The van der Waals surface area contributed by atoms with Crippen molar-refractivity contribution in [3.63, 3.8) is 0 Å². The van der Waals surface area contributed by atoms with Gasteiger partial charge >= 0.3 is 5.97 Å². The van der Waals surface area contributed by atoms with E-state index in [0.29, 0.717) is 13.0 Å². The van der Waals surface area contributed by atoms with E-state index < -0.39 is 12.0 Å². The predicted octanol–water partition coefficient (Wildman–Crippen LogP) is 6.76. The van der Waals surface area contributed by atoms with Crippen molar-refractivity contribution in [2.45, 2.75) is 149 Å². The zero-order chi connectivity index (χ0) is 25.4. The van der Waals surface area contributed by atoms with Gasteiger partial charge in [-0.15, -0.1) is 0 Å². The topological polar surface area (TPSA) is 95.5 Å². The zero-order valence-corrected chi connectivity index (χ0v) is 22.5. The van der Waals surface area contributed by atoms with Crippen LogP contribution in [0.2, 0.25) is 0 Å². The third-order valence-electron chi connectivity index (χ3n) is 6.39. The van der Waals surface area contributed by atoms with Crippen LogP contribution in [0.25, 0.3) is 0 Å². The van der Waals surface area contributed by atoms with Gasteiger partial charge < -0.3 is 15.7 Å². The number of carboxylic acids is 1. The number of unbranched alkanes of at least 4 members (excludes halogenated alkanes) is 15. The number of carboxylic acid groups (broad SMARTS) is 1. The summed E-state index contributed by atoms with van der Waals surface area (Å²) in [5, 5.41) is 14.6. The SMILES string of the molecule is CCCCCCCCCCCC(=O)N[C@@H](C(=O)NCCCCCCCCCCC(=O)O)C(C)C. The van der Waals surface area contributed by atoms with Crippen LogP contribution in [-0.4, -0.2) is 35.5 Å². The van der Waals surface area contributed by atoms with Gasteiger partial charge in [0.15, 0.2) is 0 Å². The average Bonchev–Trinajstić information content (AvgIpc) is 2.79. The molecule has 0 saturated heterocycles. The van der Waals surface area contributed by atoms with E-state index in [1.54, 1.807) is 0 Å². The van der Waals surface area contributed by atoms with Gasteiger partial charge in [-0.1, -0.05) is 111 Å². The van der Waals surface area contributed by atoms with Gasteiger partial charge in [0, 0.05) is 19.4 Å². The Morgan fingerprint density at radius 1 is 0.647 bits per heavy atom. The maximum atomic E-state index is 12.6. The van der Waals surface area contributed by atoms with Crippen LogP contribution >= 0.6 is 0 Å². The van der Waals surface area contributed by atoms with E-state index in [-0.39, 0.29) is 24.2 Å². The van der Waals surface area contributed by atoms with Crippen LogP contribution in [0.1, 0.15) is 143 Å². The molecule has 0 aliphatic carbocycles. The summed E-state index contributed by atoms with van der Waals surface area (Å²) in [5.74, 6) is -0.734. The van der Waals surface area contributed by atoms with Crippen LogP contribution in [0.4, 0.5) is 0 Å². The molecule has 3 N–H and O–H groups in total. The number of carbonyl (C=O) groups excluding carboxylic acids is 2. The summed E-state index contributed by atoms with van der Waals surface area (Å²) in [7, 11) is 0. The van der Waals surface area contributed by atoms with Crippen molar-refractivity contribution in [2.24, 2.45) is 5.92 Å². The molecule has 6 heteroatoms. The van der Waals surface area contributed by atoms with Crippen molar-refractivity contribution in [2.75, 3.05) is 6.54 Å². The summed E-state index contributed by atoms with van der Waals surface area (Å²) in [6.07, 6.45) is 20.1. The van der Waals surface area contributed by atoms with Gasteiger partial charge in [0.05, 0.1) is 0 Å². The van der Waals surface area contributed by atoms with E-state index in [1.807, 2.05) is 13.8 Å². The summed E-state index contributed by atoms with van der Waals surface area (Å²) in [4.78, 5) is 35.4.